The molecule has 0 spiro atoms. The van der Waals surface area contributed by atoms with Gasteiger partial charge in [0, 0.05) is 6.26 Å². The Morgan fingerprint density at radius 3 is 2.14 bits per heavy atom. The summed E-state index contributed by atoms with van der Waals surface area (Å²) in [6.07, 6.45) is 7.57. The molecule has 0 radical (unpaired) electrons. The third kappa shape index (κ3) is 3.04. The summed E-state index contributed by atoms with van der Waals surface area (Å²) in [6, 6.07) is 18.4. The molecule has 0 fully saturated rings. The van der Waals surface area contributed by atoms with Gasteiger partial charge in [0.15, 0.2) is 9.84 Å². The van der Waals surface area contributed by atoms with Gasteiger partial charge in [-0.25, -0.2) is 8.42 Å². The largest absolute Gasteiger partial charge is 0.229 e. The summed E-state index contributed by atoms with van der Waals surface area (Å²) in [5.74, 6) is 0. The van der Waals surface area contributed by atoms with Crippen molar-refractivity contribution >= 4 is 15.4 Å². The van der Waals surface area contributed by atoms with Crippen LogP contribution in [-0.2, 0) is 9.84 Å². The van der Waals surface area contributed by atoms with Gasteiger partial charge in [-0.2, -0.15) is 0 Å². The number of benzene rings is 2. The Hall–Kier alpha value is -2.13. The molecule has 0 amide bonds. The molecule has 0 N–H and O–H groups in total. The van der Waals surface area contributed by atoms with Crippen LogP contribution in [0.1, 0.15) is 12.0 Å². The molecule has 22 heavy (non-hydrogen) atoms. The highest BCUT2D eigenvalue weighted by atomic mass is 32.2. The first-order valence-electron chi connectivity index (χ1n) is 7.28. The summed E-state index contributed by atoms with van der Waals surface area (Å²) in [5, 5.41) is -0.403. The minimum Gasteiger partial charge on any atom is -0.229 e. The molecule has 0 aliphatic heterocycles. The van der Waals surface area contributed by atoms with E-state index in [1.165, 1.54) is 6.26 Å². The van der Waals surface area contributed by atoms with Gasteiger partial charge in [0.1, 0.15) is 0 Å². The molecule has 2 aromatic rings. The van der Waals surface area contributed by atoms with Crippen LogP contribution in [0.5, 0.6) is 0 Å². The van der Waals surface area contributed by atoms with Crippen molar-refractivity contribution in [2.75, 3.05) is 6.26 Å². The van der Waals surface area contributed by atoms with Crippen LogP contribution in [0, 0.1) is 0 Å². The molecule has 2 aromatic carbocycles. The smallest absolute Gasteiger partial charge is 0.154 e. The zero-order valence-electron chi connectivity index (χ0n) is 12.4. The molecule has 1 atom stereocenters. The van der Waals surface area contributed by atoms with E-state index in [0.29, 0.717) is 6.42 Å². The Kier molecular flexibility index (Phi) is 3.99. The van der Waals surface area contributed by atoms with Crippen molar-refractivity contribution in [2.24, 2.45) is 0 Å². The second-order valence-corrected chi connectivity index (χ2v) is 7.80. The van der Waals surface area contributed by atoms with Crippen LogP contribution in [0.2, 0.25) is 0 Å². The maximum absolute atomic E-state index is 11.6. The van der Waals surface area contributed by atoms with Crippen LogP contribution in [0.15, 0.2) is 72.8 Å². The van der Waals surface area contributed by atoms with E-state index in [1.54, 1.807) is 6.08 Å². The predicted octanol–water partition coefficient (Wildman–Crippen LogP) is 4.11. The van der Waals surface area contributed by atoms with Gasteiger partial charge in [-0.3, -0.25) is 0 Å². The zero-order valence-corrected chi connectivity index (χ0v) is 13.3. The molecule has 0 bridgehead atoms. The number of hydrogen-bond donors (Lipinski definition) is 0. The quantitative estimate of drug-likeness (QED) is 0.855. The van der Waals surface area contributed by atoms with Crippen molar-refractivity contribution in [3.8, 4) is 11.1 Å². The molecule has 112 valence electrons. The van der Waals surface area contributed by atoms with Gasteiger partial charge in [0.2, 0.25) is 0 Å². The number of allylic oxidation sites excluding steroid dienone is 3. The van der Waals surface area contributed by atoms with E-state index >= 15 is 0 Å². The minimum absolute atomic E-state index is 0.403. The molecule has 1 unspecified atom stereocenters. The average molecular weight is 310 g/mol. The van der Waals surface area contributed by atoms with Gasteiger partial charge >= 0.3 is 0 Å². The maximum atomic E-state index is 11.6. The molecule has 3 heteroatoms. The van der Waals surface area contributed by atoms with Gasteiger partial charge in [-0.05, 0) is 28.7 Å². The highest BCUT2D eigenvalue weighted by Crippen LogP contribution is 2.32. The number of sulfone groups is 1. The summed E-state index contributed by atoms with van der Waals surface area (Å²) < 4.78 is 23.3. The predicted molar refractivity (Wildman–Crippen MR) is 92.2 cm³/mol. The maximum Gasteiger partial charge on any atom is 0.154 e. The molecular weight excluding hydrogens is 292 g/mol. The summed E-state index contributed by atoms with van der Waals surface area (Å²) in [6.45, 7) is 0. The molecule has 0 aromatic heterocycles. The zero-order chi connectivity index (χ0) is 15.6. The van der Waals surface area contributed by atoms with Crippen LogP contribution in [0.25, 0.3) is 16.7 Å². The second kappa shape index (κ2) is 5.93. The van der Waals surface area contributed by atoms with Crippen LogP contribution in [-0.4, -0.2) is 19.9 Å². The van der Waals surface area contributed by atoms with Crippen molar-refractivity contribution in [1.82, 2.24) is 0 Å². The topological polar surface area (TPSA) is 34.1 Å². The van der Waals surface area contributed by atoms with E-state index in [9.17, 15) is 8.42 Å². The summed E-state index contributed by atoms with van der Waals surface area (Å²) in [5.41, 5.74) is 4.55. The van der Waals surface area contributed by atoms with Gasteiger partial charge < -0.3 is 0 Å². The highest BCUT2D eigenvalue weighted by Gasteiger charge is 2.20. The third-order valence-corrected chi connectivity index (χ3v) is 5.38. The lowest BCUT2D eigenvalue weighted by molar-refractivity contribution is 0.594. The van der Waals surface area contributed by atoms with Crippen LogP contribution < -0.4 is 0 Å². The third-order valence-electron chi connectivity index (χ3n) is 3.93. The normalized spacial score (nSPS) is 18.0. The Morgan fingerprint density at radius 1 is 0.909 bits per heavy atom. The van der Waals surface area contributed by atoms with Crippen molar-refractivity contribution in [2.45, 2.75) is 11.7 Å². The van der Waals surface area contributed by atoms with Crippen molar-refractivity contribution in [3.05, 3.63) is 78.4 Å². The van der Waals surface area contributed by atoms with Crippen molar-refractivity contribution in [3.63, 3.8) is 0 Å². The minimum atomic E-state index is -3.03. The monoisotopic (exact) mass is 310 g/mol. The molecule has 1 aliphatic rings. The highest BCUT2D eigenvalue weighted by molar-refractivity contribution is 7.91. The van der Waals surface area contributed by atoms with Crippen LogP contribution in [0.3, 0.4) is 0 Å². The van der Waals surface area contributed by atoms with Crippen LogP contribution >= 0.6 is 0 Å². The average Bonchev–Trinajstić information content (AvgIpc) is 2.55. The van der Waals surface area contributed by atoms with E-state index in [4.69, 9.17) is 0 Å². The molecular formula is C19H18O2S. The Labute approximate surface area is 131 Å². The lowest BCUT2D eigenvalue weighted by atomic mass is 9.92. The number of rotatable bonds is 3. The van der Waals surface area contributed by atoms with E-state index in [2.05, 4.69) is 24.3 Å². The summed E-state index contributed by atoms with van der Waals surface area (Å²) in [4.78, 5) is 0. The molecule has 0 saturated carbocycles. The van der Waals surface area contributed by atoms with Crippen LogP contribution in [0.4, 0.5) is 0 Å². The first-order chi connectivity index (χ1) is 10.6. The van der Waals surface area contributed by atoms with Crippen molar-refractivity contribution in [1.29, 1.82) is 0 Å². The Morgan fingerprint density at radius 2 is 1.55 bits per heavy atom. The van der Waals surface area contributed by atoms with E-state index in [-0.39, 0.29) is 0 Å². The van der Waals surface area contributed by atoms with Gasteiger partial charge in [-0.1, -0.05) is 72.8 Å². The second-order valence-electron chi connectivity index (χ2n) is 5.53. The van der Waals surface area contributed by atoms with Gasteiger partial charge in [0.05, 0.1) is 5.25 Å². The fourth-order valence-electron chi connectivity index (χ4n) is 2.72. The SMILES string of the molecule is CS(=O)(=O)C1C=CC(c2ccccc2-c2ccccc2)=CC1. The standard InChI is InChI=1S/C19H18O2S/c1-22(20,21)17-13-11-16(12-14-17)19-10-6-5-9-18(19)15-7-3-2-4-8-15/h2-13,17H,14H2,1H3. The van der Waals surface area contributed by atoms with E-state index in [0.717, 1.165) is 22.3 Å². The molecule has 1 aliphatic carbocycles. The Balaban J connectivity index is 1.98. The first-order valence-corrected chi connectivity index (χ1v) is 9.23. The Bertz CT molecular complexity index is 831. The summed E-state index contributed by atoms with van der Waals surface area (Å²) >= 11 is 0. The van der Waals surface area contributed by atoms with E-state index < -0.39 is 15.1 Å². The fourth-order valence-corrected chi connectivity index (χ4v) is 3.53. The van der Waals surface area contributed by atoms with E-state index in [1.807, 2.05) is 42.5 Å². The van der Waals surface area contributed by atoms with Crippen molar-refractivity contribution < 1.29 is 8.42 Å². The molecule has 0 saturated heterocycles. The lowest BCUT2D eigenvalue weighted by Crippen LogP contribution is -2.18. The lowest BCUT2D eigenvalue weighted by Gasteiger charge is -2.17. The number of hydrogen-bond acceptors (Lipinski definition) is 2. The molecule has 0 heterocycles. The van der Waals surface area contributed by atoms with Gasteiger partial charge in [-0.15, -0.1) is 0 Å². The molecule has 3 rings (SSSR count). The van der Waals surface area contributed by atoms with Gasteiger partial charge in [0.25, 0.3) is 0 Å². The molecule has 2 nitrogen and oxygen atoms in total. The summed E-state index contributed by atoms with van der Waals surface area (Å²) in [7, 11) is -3.03. The first kappa shape index (κ1) is 14.8. The fraction of sp³-hybridized carbons (Fsp3) is 0.158.